The molecule has 1 fully saturated rings. The number of para-hydroxylation sites is 1. The SMILES string of the molecule is O=C(c1cccs1)N(c1ccccc1)C1CCN(Cc2cccnc2)CC1. The van der Waals surface area contributed by atoms with E-state index in [2.05, 4.69) is 16.0 Å². The first-order valence-electron chi connectivity index (χ1n) is 9.34. The third-order valence-electron chi connectivity index (χ3n) is 5.04. The van der Waals surface area contributed by atoms with E-state index in [0.29, 0.717) is 0 Å². The molecule has 5 heteroatoms. The van der Waals surface area contributed by atoms with Crippen molar-refractivity contribution in [2.45, 2.75) is 25.4 Å². The number of benzene rings is 1. The second kappa shape index (κ2) is 8.46. The van der Waals surface area contributed by atoms with Crippen LogP contribution in [0.4, 0.5) is 5.69 Å². The molecule has 0 radical (unpaired) electrons. The van der Waals surface area contributed by atoms with Crippen molar-refractivity contribution in [3.8, 4) is 0 Å². The second-order valence-corrected chi connectivity index (χ2v) is 7.80. The number of thiophene rings is 1. The molecule has 1 amide bonds. The molecule has 1 aliphatic rings. The number of carbonyl (C=O) groups excluding carboxylic acids is 1. The van der Waals surface area contributed by atoms with Gasteiger partial charge in [-0.3, -0.25) is 14.7 Å². The molecule has 4 rings (SSSR count). The Hall–Kier alpha value is -2.50. The molecule has 3 aromatic rings. The lowest BCUT2D eigenvalue weighted by atomic mass is 10.0. The van der Waals surface area contributed by atoms with Gasteiger partial charge in [-0.1, -0.05) is 30.3 Å². The fourth-order valence-electron chi connectivity index (χ4n) is 3.69. The Bertz CT molecular complexity index is 844. The van der Waals surface area contributed by atoms with E-state index in [0.717, 1.165) is 43.0 Å². The van der Waals surface area contributed by atoms with Crippen LogP contribution in [0.2, 0.25) is 0 Å². The van der Waals surface area contributed by atoms with Crippen molar-refractivity contribution in [2.24, 2.45) is 0 Å². The van der Waals surface area contributed by atoms with Crippen molar-refractivity contribution in [1.82, 2.24) is 9.88 Å². The Kier molecular flexibility index (Phi) is 5.61. The third-order valence-corrected chi connectivity index (χ3v) is 5.89. The lowest BCUT2D eigenvalue weighted by Gasteiger charge is -2.38. The molecule has 3 heterocycles. The van der Waals surface area contributed by atoms with Gasteiger partial charge in [0.25, 0.3) is 5.91 Å². The first kappa shape index (κ1) is 17.9. The lowest BCUT2D eigenvalue weighted by Crippen LogP contribution is -2.47. The first-order chi connectivity index (χ1) is 13.3. The molecule has 2 aromatic heterocycles. The van der Waals surface area contributed by atoms with Crippen LogP contribution in [-0.2, 0) is 6.54 Å². The maximum absolute atomic E-state index is 13.2. The molecule has 0 unspecified atom stereocenters. The van der Waals surface area contributed by atoms with Gasteiger partial charge in [0.15, 0.2) is 0 Å². The highest BCUT2D eigenvalue weighted by molar-refractivity contribution is 7.12. The van der Waals surface area contributed by atoms with Crippen LogP contribution in [-0.4, -0.2) is 34.9 Å². The normalized spacial score (nSPS) is 15.6. The van der Waals surface area contributed by atoms with Gasteiger partial charge in [-0.05, 0) is 48.1 Å². The number of piperidine rings is 1. The quantitative estimate of drug-likeness (QED) is 0.659. The summed E-state index contributed by atoms with van der Waals surface area (Å²) in [6.45, 7) is 2.89. The van der Waals surface area contributed by atoms with E-state index in [1.807, 2.05) is 71.2 Å². The fraction of sp³-hybridized carbons (Fsp3) is 0.273. The number of hydrogen-bond donors (Lipinski definition) is 0. The molecule has 0 atom stereocenters. The Labute approximate surface area is 164 Å². The van der Waals surface area contributed by atoms with Crippen LogP contribution in [0.15, 0.2) is 72.4 Å². The third kappa shape index (κ3) is 4.26. The Balaban J connectivity index is 1.48. The van der Waals surface area contributed by atoms with Crippen LogP contribution in [0.1, 0.15) is 28.1 Å². The molecule has 1 aromatic carbocycles. The number of amides is 1. The highest BCUT2D eigenvalue weighted by Crippen LogP contribution is 2.27. The smallest absolute Gasteiger partial charge is 0.268 e. The Morgan fingerprint density at radius 1 is 1.07 bits per heavy atom. The van der Waals surface area contributed by atoms with Crippen LogP contribution < -0.4 is 4.90 Å². The van der Waals surface area contributed by atoms with Gasteiger partial charge in [-0.2, -0.15) is 0 Å². The monoisotopic (exact) mass is 377 g/mol. The van der Waals surface area contributed by atoms with Gasteiger partial charge in [0.1, 0.15) is 0 Å². The highest BCUT2D eigenvalue weighted by atomic mass is 32.1. The molecule has 0 aliphatic carbocycles. The second-order valence-electron chi connectivity index (χ2n) is 6.86. The summed E-state index contributed by atoms with van der Waals surface area (Å²) in [5.41, 5.74) is 2.23. The molecule has 0 spiro atoms. The molecular weight excluding hydrogens is 354 g/mol. The molecule has 138 valence electrons. The number of aromatic nitrogens is 1. The van der Waals surface area contributed by atoms with Crippen LogP contribution in [0, 0.1) is 0 Å². The highest BCUT2D eigenvalue weighted by Gasteiger charge is 2.30. The molecule has 0 N–H and O–H groups in total. The van der Waals surface area contributed by atoms with Gasteiger partial charge >= 0.3 is 0 Å². The zero-order chi connectivity index (χ0) is 18.5. The van der Waals surface area contributed by atoms with Crippen molar-refractivity contribution in [3.05, 3.63) is 82.8 Å². The van der Waals surface area contributed by atoms with E-state index >= 15 is 0 Å². The fourth-order valence-corrected chi connectivity index (χ4v) is 4.35. The largest absolute Gasteiger partial charge is 0.305 e. The minimum Gasteiger partial charge on any atom is -0.305 e. The molecule has 27 heavy (non-hydrogen) atoms. The number of pyridine rings is 1. The summed E-state index contributed by atoms with van der Waals surface area (Å²) in [5, 5.41) is 1.97. The molecule has 0 bridgehead atoms. The van der Waals surface area contributed by atoms with E-state index in [-0.39, 0.29) is 11.9 Å². The Morgan fingerprint density at radius 3 is 2.56 bits per heavy atom. The van der Waals surface area contributed by atoms with Crippen molar-refractivity contribution < 1.29 is 4.79 Å². The summed E-state index contributed by atoms with van der Waals surface area (Å²) >= 11 is 1.51. The summed E-state index contributed by atoms with van der Waals surface area (Å²) in [4.78, 5) is 22.7. The summed E-state index contributed by atoms with van der Waals surface area (Å²) < 4.78 is 0. The topological polar surface area (TPSA) is 36.4 Å². The van der Waals surface area contributed by atoms with Gasteiger partial charge in [0.05, 0.1) is 4.88 Å². The van der Waals surface area contributed by atoms with Crippen molar-refractivity contribution in [1.29, 1.82) is 0 Å². The van der Waals surface area contributed by atoms with Crippen molar-refractivity contribution in [3.63, 3.8) is 0 Å². The van der Waals surface area contributed by atoms with E-state index in [1.54, 1.807) is 0 Å². The number of likely N-dealkylation sites (tertiary alicyclic amines) is 1. The zero-order valence-electron chi connectivity index (χ0n) is 15.2. The molecule has 4 nitrogen and oxygen atoms in total. The average molecular weight is 378 g/mol. The summed E-state index contributed by atoms with van der Waals surface area (Å²) in [6.07, 6.45) is 5.70. The maximum Gasteiger partial charge on any atom is 0.268 e. The Morgan fingerprint density at radius 2 is 1.89 bits per heavy atom. The number of carbonyl (C=O) groups is 1. The summed E-state index contributed by atoms with van der Waals surface area (Å²) in [6, 6.07) is 18.3. The van der Waals surface area contributed by atoms with Crippen LogP contribution in [0.25, 0.3) is 0 Å². The van der Waals surface area contributed by atoms with Gasteiger partial charge in [-0.25, -0.2) is 0 Å². The lowest BCUT2D eigenvalue weighted by molar-refractivity contribution is 0.0962. The van der Waals surface area contributed by atoms with Crippen LogP contribution in [0.3, 0.4) is 0 Å². The molecular formula is C22H23N3OS. The number of nitrogens with zero attached hydrogens (tertiary/aromatic N) is 3. The van der Waals surface area contributed by atoms with Gasteiger partial charge in [-0.15, -0.1) is 11.3 Å². The number of hydrogen-bond acceptors (Lipinski definition) is 4. The number of rotatable bonds is 5. The standard InChI is InChI=1S/C22H23N3OS/c26-22(21-9-5-15-27-21)25(19-7-2-1-3-8-19)20-10-13-24(14-11-20)17-18-6-4-12-23-16-18/h1-9,12,15-16,20H,10-11,13-14,17H2. The summed E-state index contributed by atoms with van der Waals surface area (Å²) in [7, 11) is 0. The van der Waals surface area contributed by atoms with E-state index in [4.69, 9.17) is 0 Å². The summed E-state index contributed by atoms with van der Waals surface area (Å²) in [5.74, 6) is 0.113. The molecule has 0 saturated carbocycles. The minimum atomic E-state index is 0.113. The van der Waals surface area contributed by atoms with Crippen LogP contribution in [0.5, 0.6) is 0 Å². The predicted octanol–water partition coefficient (Wildman–Crippen LogP) is 4.45. The minimum absolute atomic E-state index is 0.113. The van der Waals surface area contributed by atoms with Gasteiger partial charge < -0.3 is 4.90 Å². The average Bonchev–Trinajstić information content (AvgIpc) is 3.26. The van der Waals surface area contributed by atoms with Gasteiger partial charge in [0.2, 0.25) is 0 Å². The van der Waals surface area contributed by atoms with Crippen molar-refractivity contribution in [2.75, 3.05) is 18.0 Å². The van der Waals surface area contributed by atoms with Gasteiger partial charge in [0, 0.05) is 43.8 Å². The van der Waals surface area contributed by atoms with Crippen LogP contribution >= 0.6 is 11.3 Å². The zero-order valence-corrected chi connectivity index (χ0v) is 16.0. The maximum atomic E-state index is 13.2. The number of anilines is 1. The predicted molar refractivity (Wildman–Crippen MR) is 110 cm³/mol. The molecule has 1 saturated heterocycles. The van der Waals surface area contributed by atoms with E-state index < -0.39 is 0 Å². The molecule has 1 aliphatic heterocycles. The van der Waals surface area contributed by atoms with Crippen molar-refractivity contribution >= 4 is 22.9 Å². The van der Waals surface area contributed by atoms with E-state index in [9.17, 15) is 4.79 Å². The first-order valence-corrected chi connectivity index (χ1v) is 10.2. The van der Waals surface area contributed by atoms with E-state index in [1.165, 1.54) is 16.9 Å².